The molecule has 0 saturated carbocycles. The van der Waals surface area contributed by atoms with E-state index in [1.807, 2.05) is 25.9 Å². The normalized spacial score (nSPS) is 13.0. The average Bonchev–Trinajstić information content (AvgIpc) is 2.83. The lowest BCUT2D eigenvalue weighted by molar-refractivity contribution is -0.131. The van der Waals surface area contributed by atoms with Gasteiger partial charge in [-0.1, -0.05) is 17.9 Å². The minimum atomic E-state index is -0.191. The zero-order valence-electron chi connectivity index (χ0n) is 21.0. The Morgan fingerprint density at radius 3 is 2.68 bits per heavy atom. The molecule has 0 atom stereocenters. The van der Waals surface area contributed by atoms with E-state index in [4.69, 9.17) is 4.74 Å². The number of hydrogen-bond donors (Lipinski definition) is 1. The first-order valence-electron chi connectivity index (χ1n) is 11.3. The summed E-state index contributed by atoms with van der Waals surface area (Å²) >= 11 is 0. The third-order valence-electron chi connectivity index (χ3n) is 4.71. The van der Waals surface area contributed by atoms with E-state index in [0.717, 1.165) is 36.7 Å². The van der Waals surface area contributed by atoms with E-state index in [2.05, 4.69) is 45.2 Å². The van der Waals surface area contributed by atoms with Crippen molar-refractivity contribution in [3.63, 3.8) is 0 Å². The van der Waals surface area contributed by atoms with Crippen LogP contribution in [0.4, 0.5) is 5.82 Å². The first-order valence-corrected chi connectivity index (χ1v) is 11.3. The molecule has 0 bridgehead atoms. The fraction of sp³-hybridized carbons (Fsp3) is 0.520. The number of nitrogens with one attached hydrogen (secondary N) is 1. The Kier molecular flexibility index (Phi) is 13.9. The largest absolute Gasteiger partial charge is 0.378 e. The molecule has 1 aliphatic rings. The summed E-state index contributed by atoms with van der Waals surface area (Å²) in [5, 5.41) is 2.83. The minimum Gasteiger partial charge on any atom is -0.378 e. The molecule has 9 nitrogen and oxygen atoms in total. The Bertz CT molecular complexity index is 876. The van der Waals surface area contributed by atoms with Crippen LogP contribution in [0.1, 0.15) is 25.7 Å². The number of anilines is 1. The number of morpholine rings is 1. The molecule has 1 saturated heterocycles. The molecule has 188 valence electrons. The molecule has 1 fully saturated rings. The van der Waals surface area contributed by atoms with Gasteiger partial charge in [0.15, 0.2) is 0 Å². The maximum Gasteiger partial charge on any atom is 0.246 e. The fourth-order valence-corrected chi connectivity index (χ4v) is 2.97. The highest BCUT2D eigenvalue weighted by Gasteiger charge is 2.16. The predicted molar refractivity (Wildman–Crippen MR) is 138 cm³/mol. The molecule has 34 heavy (non-hydrogen) atoms. The molecule has 0 unspecified atom stereocenters. The molecule has 2 heterocycles. The highest BCUT2D eigenvalue weighted by Crippen LogP contribution is 2.17. The second-order valence-corrected chi connectivity index (χ2v) is 7.87. The number of nitrogens with zero attached hydrogens (tertiary/aromatic N) is 5. The van der Waals surface area contributed by atoms with Crippen LogP contribution >= 0.6 is 0 Å². The minimum absolute atomic E-state index is 0. The average molecular weight is 473 g/mol. The predicted octanol–water partition coefficient (Wildman–Crippen LogP) is 1.49. The highest BCUT2D eigenvalue weighted by atomic mass is 16.5. The third kappa shape index (κ3) is 11.1. The lowest BCUT2D eigenvalue weighted by Gasteiger charge is -2.28. The van der Waals surface area contributed by atoms with Crippen molar-refractivity contribution in [2.75, 3.05) is 72.0 Å². The number of rotatable bonds is 9. The Labute approximate surface area is 205 Å². The molecule has 1 aliphatic heterocycles. The van der Waals surface area contributed by atoms with E-state index in [1.165, 1.54) is 11.0 Å². The van der Waals surface area contributed by atoms with Gasteiger partial charge < -0.3 is 24.8 Å². The first-order chi connectivity index (χ1) is 16.4. The van der Waals surface area contributed by atoms with Gasteiger partial charge in [-0.25, -0.2) is 9.97 Å². The van der Waals surface area contributed by atoms with E-state index >= 15 is 0 Å². The summed E-state index contributed by atoms with van der Waals surface area (Å²) in [7, 11) is 5.46. The van der Waals surface area contributed by atoms with Gasteiger partial charge in [0.2, 0.25) is 11.8 Å². The summed E-state index contributed by atoms with van der Waals surface area (Å²) < 4.78 is 5.42. The Morgan fingerprint density at radius 2 is 2.00 bits per heavy atom. The van der Waals surface area contributed by atoms with Crippen molar-refractivity contribution >= 4 is 17.6 Å². The second-order valence-electron chi connectivity index (χ2n) is 7.87. The van der Waals surface area contributed by atoms with Crippen LogP contribution in [0.5, 0.6) is 0 Å². The molecule has 1 aromatic rings. The molecule has 1 aromatic heterocycles. The van der Waals surface area contributed by atoms with Gasteiger partial charge in [0.1, 0.15) is 11.6 Å². The summed E-state index contributed by atoms with van der Waals surface area (Å²) in [6.45, 7) is 12.0. The van der Waals surface area contributed by atoms with E-state index in [-0.39, 0.29) is 19.8 Å². The van der Waals surface area contributed by atoms with Crippen LogP contribution in [0, 0.1) is 18.8 Å². The summed E-state index contributed by atoms with van der Waals surface area (Å²) in [5.41, 5.74) is 0.809. The maximum absolute atomic E-state index is 12.0. The van der Waals surface area contributed by atoms with E-state index < -0.39 is 0 Å². The van der Waals surface area contributed by atoms with Crippen molar-refractivity contribution < 1.29 is 15.8 Å². The van der Waals surface area contributed by atoms with Crippen molar-refractivity contribution in [2.24, 2.45) is 0 Å². The molecule has 1 N–H and O–H groups in total. The quantitative estimate of drug-likeness (QED) is 0.252. The number of unbranched alkanes of at least 4 members (excludes halogenated alkanes) is 1. The third-order valence-corrected chi connectivity index (χ3v) is 4.71. The van der Waals surface area contributed by atoms with Crippen LogP contribution in [-0.2, 0) is 14.3 Å². The summed E-state index contributed by atoms with van der Waals surface area (Å²) in [6.07, 6.45) is 6.39. The lowest BCUT2D eigenvalue weighted by atomic mass is 10.2. The Balaban J connectivity index is 0.00000375. The highest BCUT2D eigenvalue weighted by molar-refractivity contribution is 5.91. The molecule has 0 spiro atoms. The molecule has 9 heteroatoms. The summed E-state index contributed by atoms with van der Waals surface area (Å²) in [5.74, 6) is 7.52. The van der Waals surface area contributed by atoms with Gasteiger partial charge in [-0.15, -0.1) is 13.2 Å². The molecular weight excluding hydrogens is 432 g/mol. The van der Waals surface area contributed by atoms with Crippen LogP contribution in [-0.4, -0.2) is 98.7 Å². The van der Waals surface area contributed by atoms with Gasteiger partial charge in [-0.05, 0) is 27.4 Å². The van der Waals surface area contributed by atoms with Gasteiger partial charge >= 0.3 is 0 Å². The Hall–Kier alpha value is -3.22. The van der Waals surface area contributed by atoms with Gasteiger partial charge in [-0.2, -0.15) is 0 Å². The van der Waals surface area contributed by atoms with E-state index in [1.54, 1.807) is 19.3 Å². The molecule has 0 aliphatic carbocycles. The molecule has 0 aromatic carbocycles. The molecule has 0 radical (unpaired) electrons. The Morgan fingerprint density at radius 1 is 1.29 bits per heavy atom. The van der Waals surface area contributed by atoms with Crippen LogP contribution in [0.15, 0.2) is 31.5 Å². The summed E-state index contributed by atoms with van der Waals surface area (Å²) in [4.78, 5) is 38.4. The maximum atomic E-state index is 12.0. The zero-order valence-corrected chi connectivity index (χ0v) is 21.0. The number of amides is 2. The van der Waals surface area contributed by atoms with Gasteiger partial charge in [-0.3, -0.25) is 9.59 Å². The fourth-order valence-electron chi connectivity index (χ4n) is 2.97. The van der Waals surface area contributed by atoms with Gasteiger partial charge in [0, 0.05) is 53.3 Å². The van der Waals surface area contributed by atoms with E-state index in [9.17, 15) is 9.59 Å². The van der Waals surface area contributed by atoms with Crippen LogP contribution in [0.3, 0.4) is 0 Å². The monoisotopic (exact) mass is 472 g/mol. The number of aromatic nitrogens is 2. The second kappa shape index (κ2) is 16.4. The topological polar surface area (TPSA) is 90.9 Å². The van der Waals surface area contributed by atoms with Gasteiger partial charge in [0.25, 0.3) is 0 Å². The van der Waals surface area contributed by atoms with Crippen LogP contribution in [0.25, 0.3) is 0 Å². The number of likely N-dealkylation sites (N-methyl/N-ethyl adjacent to an activating group) is 2. The molecule has 2 rings (SSSR count). The number of aryl methyl sites for hydroxylation is 1. The first kappa shape index (κ1) is 28.8. The SMILES string of the molecule is C=C.Cc1ncc(C#CCCCNC(=O)CN(C)C(=O)/C=C/CN(C)C)c(N2CCOCC2)n1.[HH]. The molecular formula is C25H40N6O3. The number of carbonyl (C=O) groups excluding carboxylic acids is 2. The van der Waals surface area contributed by atoms with E-state index in [0.29, 0.717) is 32.7 Å². The van der Waals surface area contributed by atoms with Crippen LogP contribution < -0.4 is 10.2 Å². The van der Waals surface area contributed by atoms with Crippen molar-refractivity contribution in [1.29, 1.82) is 0 Å². The summed E-state index contributed by atoms with van der Waals surface area (Å²) in [6, 6.07) is 0. The smallest absolute Gasteiger partial charge is 0.246 e. The molecule has 2 amide bonds. The van der Waals surface area contributed by atoms with Gasteiger partial charge in [0.05, 0.1) is 25.3 Å². The van der Waals surface area contributed by atoms with Crippen molar-refractivity contribution in [1.82, 2.24) is 25.1 Å². The van der Waals surface area contributed by atoms with Crippen molar-refractivity contribution in [2.45, 2.75) is 19.8 Å². The van der Waals surface area contributed by atoms with Crippen molar-refractivity contribution in [3.8, 4) is 11.8 Å². The lowest BCUT2D eigenvalue weighted by Crippen LogP contribution is -2.38. The van der Waals surface area contributed by atoms with Crippen molar-refractivity contribution in [3.05, 3.63) is 42.9 Å². The zero-order chi connectivity index (χ0) is 25.3. The number of carbonyl (C=O) groups is 2. The standard InChI is InChI=1S/C23H34N6O3.C2H4.H2/c1-19-25-17-20(23(26-19)29-13-15-32-16-14-29)9-6-5-7-11-24-21(30)18-28(4)22(31)10-8-12-27(2)3;1-2;/h8,10,17H,5,7,11-16,18H2,1-4H3,(H,24,30);1-2H2;1H/b10-8+;;. The number of hydrogen-bond acceptors (Lipinski definition) is 7. The van der Waals surface area contributed by atoms with Crippen LogP contribution in [0.2, 0.25) is 0 Å². The number of ether oxygens (including phenoxy) is 1.